The van der Waals surface area contributed by atoms with Gasteiger partial charge in [-0.05, 0) is 64.3 Å². The summed E-state index contributed by atoms with van der Waals surface area (Å²) in [5.74, 6) is 2.75. The minimum absolute atomic E-state index is 0.409. The number of anilines is 1. The van der Waals surface area contributed by atoms with Crippen LogP contribution in [0.4, 0.5) is 5.69 Å². The van der Waals surface area contributed by atoms with Gasteiger partial charge in [-0.15, -0.1) is 0 Å². The smallest absolute Gasteiger partial charge is 0.193 e. The number of rotatable bonds is 9. The molecular formula is C20H34N4O2. The van der Waals surface area contributed by atoms with E-state index < -0.39 is 0 Å². The van der Waals surface area contributed by atoms with Crippen molar-refractivity contribution in [2.45, 2.75) is 40.0 Å². The lowest BCUT2D eigenvalue weighted by Crippen LogP contribution is -2.35. The molecule has 0 saturated carbocycles. The maximum atomic E-state index is 6.07. The van der Waals surface area contributed by atoms with Gasteiger partial charge in [0, 0.05) is 19.2 Å². The Bertz CT molecular complexity index is 577. The summed E-state index contributed by atoms with van der Waals surface area (Å²) < 4.78 is 11.2. The van der Waals surface area contributed by atoms with Crippen molar-refractivity contribution in [1.29, 1.82) is 0 Å². The van der Waals surface area contributed by atoms with E-state index in [-0.39, 0.29) is 0 Å². The number of nitrogens with one attached hydrogen (secondary N) is 1. The number of hydrogen-bond donors (Lipinski definition) is 2. The van der Waals surface area contributed by atoms with Gasteiger partial charge in [0.1, 0.15) is 11.5 Å². The van der Waals surface area contributed by atoms with E-state index in [9.17, 15) is 0 Å². The van der Waals surface area contributed by atoms with E-state index in [1.54, 1.807) is 0 Å². The fraction of sp³-hybridized carbons (Fsp3) is 0.650. The molecule has 0 aliphatic carbocycles. The molecule has 0 bridgehead atoms. The van der Waals surface area contributed by atoms with Crippen LogP contribution in [0.3, 0.4) is 0 Å². The van der Waals surface area contributed by atoms with E-state index in [1.165, 1.54) is 25.9 Å². The number of nitrogens with zero attached hydrogens (tertiary/aromatic N) is 2. The lowest BCUT2D eigenvalue weighted by Gasteiger charge is -2.30. The van der Waals surface area contributed by atoms with Gasteiger partial charge in [-0.2, -0.15) is 0 Å². The molecule has 1 aliphatic rings. The minimum Gasteiger partial charge on any atom is -0.494 e. The van der Waals surface area contributed by atoms with Crippen molar-refractivity contribution in [3.05, 3.63) is 18.2 Å². The Morgan fingerprint density at radius 2 is 2.12 bits per heavy atom. The summed E-state index contributed by atoms with van der Waals surface area (Å²) in [5.41, 5.74) is 6.85. The molecule has 146 valence electrons. The predicted octanol–water partition coefficient (Wildman–Crippen LogP) is 3.33. The van der Waals surface area contributed by atoms with Crippen molar-refractivity contribution in [2.24, 2.45) is 16.6 Å². The van der Waals surface area contributed by atoms with Gasteiger partial charge in [-0.1, -0.05) is 6.92 Å². The first-order valence-electron chi connectivity index (χ1n) is 9.81. The molecule has 1 aromatic rings. The number of benzene rings is 1. The highest BCUT2D eigenvalue weighted by molar-refractivity contribution is 5.94. The number of nitrogens with two attached hydrogens (primary N) is 1. The number of aliphatic imine (C=N–C) groups is 1. The van der Waals surface area contributed by atoms with Crippen molar-refractivity contribution in [2.75, 3.05) is 44.7 Å². The van der Waals surface area contributed by atoms with E-state index in [4.69, 9.17) is 15.2 Å². The fourth-order valence-electron chi connectivity index (χ4n) is 3.31. The van der Waals surface area contributed by atoms with Crippen molar-refractivity contribution in [3.8, 4) is 11.5 Å². The highest BCUT2D eigenvalue weighted by atomic mass is 16.5. The van der Waals surface area contributed by atoms with E-state index in [0.29, 0.717) is 19.2 Å². The van der Waals surface area contributed by atoms with Crippen LogP contribution in [0.25, 0.3) is 0 Å². The van der Waals surface area contributed by atoms with Crippen LogP contribution in [0, 0.1) is 5.92 Å². The lowest BCUT2D eigenvalue weighted by molar-refractivity contribution is 0.183. The molecule has 0 amide bonds. The predicted molar refractivity (Wildman–Crippen MR) is 108 cm³/mol. The average molecular weight is 363 g/mol. The van der Waals surface area contributed by atoms with Crippen molar-refractivity contribution in [3.63, 3.8) is 0 Å². The van der Waals surface area contributed by atoms with Crippen molar-refractivity contribution < 1.29 is 9.47 Å². The zero-order chi connectivity index (χ0) is 18.8. The molecule has 6 nitrogen and oxygen atoms in total. The Hall–Kier alpha value is -1.95. The first-order chi connectivity index (χ1) is 12.6. The summed E-state index contributed by atoms with van der Waals surface area (Å²) in [7, 11) is 0. The Morgan fingerprint density at radius 3 is 2.85 bits per heavy atom. The van der Waals surface area contributed by atoms with Crippen LogP contribution < -0.4 is 20.5 Å². The summed E-state index contributed by atoms with van der Waals surface area (Å²) in [6.07, 6.45) is 3.69. The SMILES string of the molecule is CCOc1ccc(OCC)c(NC(N)=NCCCN2CCCC(C)C2)c1. The Labute approximate surface area is 157 Å². The Morgan fingerprint density at radius 1 is 1.31 bits per heavy atom. The molecule has 1 aliphatic heterocycles. The quantitative estimate of drug-likeness (QED) is 0.400. The molecular weight excluding hydrogens is 328 g/mol. The molecule has 0 spiro atoms. The normalized spacial score (nSPS) is 18.6. The van der Waals surface area contributed by atoms with Crippen LogP contribution in [-0.4, -0.2) is 50.3 Å². The van der Waals surface area contributed by atoms with Gasteiger partial charge >= 0.3 is 0 Å². The van der Waals surface area contributed by atoms with Gasteiger partial charge in [0.2, 0.25) is 0 Å². The van der Waals surface area contributed by atoms with Crippen molar-refractivity contribution >= 4 is 11.6 Å². The summed E-state index contributed by atoms with van der Waals surface area (Å²) in [4.78, 5) is 6.99. The number of ether oxygens (including phenoxy) is 2. The van der Waals surface area contributed by atoms with Gasteiger partial charge in [0.15, 0.2) is 5.96 Å². The third-order valence-corrected chi connectivity index (χ3v) is 4.48. The molecule has 0 radical (unpaired) electrons. The molecule has 3 N–H and O–H groups in total. The molecule has 1 saturated heterocycles. The highest BCUT2D eigenvalue weighted by Gasteiger charge is 2.15. The van der Waals surface area contributed by atoms with Crippen LogP contribution in [-0.2, 0) is 0 Å². The van der Waals surface area contributed by atoms with Gasteiger partial charge in [0.25, 0.3) is 0 Å². The van der Waals surface area contributed by atoms with E-state index >= 15 is 0 Å². The van der Waals surface area contributed by atoms with Crippen LogP contribution in [0.1, 0.15) is 40.0 Å². The maximum Gasteiger partial charge on any atom is 0.193 e. The largest absolute Gasteiger partial charge is 0.494 e. The van der Waals surface area contributed by atoms with Crippen LogP contribution >= 0.6 is 0 Å². The molecule has 1 heterocycles. The second-order valence-electron chi connectivity index (χ2n) is 6.82. The molecule has 26 heavy (non-hydrogen) atoms. The second-order valence-corrected chi connectivity index (χ2v) is 6.82. The monoisotopic (exact) mass is 362 g/mol. The van der Waals surface area contributed by atoms with Gasteiger partial charge in [0.05, 0.1) is 18.9 Å². The van der Waals surface area contributed by atoms with Crippen molar-refractivity contribution in [1.82, 2.24) is 4.90 Å². The minimum atomic E-state index is 0.409. The topological polar surface area (TPSA) is 72.1 Å². The van der Waals surface area contributed by atoms with Crippen LogP contribution in [0.5, 0.6) is 11.5 Å². The summed E-state index contributed by atoms with van der Waals surface area (Å²) in [6.45, 7) is 11.7. The standard InChI is InChI=1S/C20H34N4O2/c1-4-25-17-9-10-19(26-5-2)18(14-17)23-20(21)22-11-7-13-24-12-6-8-16(3)15-24/h9-10,14,16H,4-8,11-13,15H2,1-3H3,(H3,21,22,23). The molecule has 0 aromatic heterocycles. The zero-order valence-electron chi connectivity index (χ0n) is 16.5. The Balaban J connectivity index is 1.85. The molecule has 1 fully saturated rings. The summed E-state index contributed by atoms with van der Waals surface area (Å²) in [5, 5.41) is 3.15. The third-order valence-electron chi connectivity index (χ3n) is 4.48. The number of hydrogen-bond acceptors (Lipinski definition) is 4. The first-order valence-corrected chi connectivity index (χ1v) is 9.81. The average Bonchev–Trinajstić information content (AvgIpc) is 2.61. The number of likely N-dealkylation sites (tertiary alicyclic amines) is 1. The summed E-state index contributed by atoms with van der Waals surface area (Å²) in [6, 6.07) is 5.68. The van der Waals surface area contributed by atoms with Crippen LogP contribution in [0.15, 0.2) is 23.2 Å². The second kappa shape index (κ2) is 10.9. The molecule has 2 rings (SSSR count). The zero-order valence-corrected chi connectivity index (χ0v) is 16.5. The highest BCUT2D eigenvalue weighted by Crippen LogP contribution is 2.29. The maximum absolute atomic E-state index is 6.07. The lowest BCUT2D eigenvalue weighted by atomic mass is 10.0. The first kappa shape index (κ1) is 20.4. The van der Waals surface area contributed by atoms with Gasteiger partial charge < -0.3 is 25.4 Å². The molecule has 1 aromatic carbocycles. The van der Waals surface area contributed by atoms with E-state index in [2.05, 4.69) is 22.1 Å². The third kappa shape index (κ3) is 6.75. The van der Waals surface area contributed by atoms with Gasteiger partial charge in [-0.3, -0.25) is 4.99 Å². The molecule has 1 unspecified atom stereocenters. The van der Waals surface area contributed by atoms with E-state index in [0.717, 1.165) is 42.6 Å². The summed E-state index contributed by atoms with van der Waals surface area (Å²) >= 11 is 0. The van der Waals surface area contributed by atoms with E-state index in [1.807, 2.05) is 32.0 Å². The molecule has 1 atom stereocenters. The van der Waals surface area contributed by atoms with Gasteiger partial charge in [-0.25, -0.2) is 0 Å². The number of guanidine groups is 1. The van der Waals surface area contributed by atoms with Crippen LogP contribution in [0.2, 0.25) is 0 Å². The molecule has 6 heteroatoms. The number of piperidine rings is 1. The fourth-order valence-corrected chi connectivity index (χ4v) is 3.31. The Kier molecular flexibility index (Phi) is 8.54.